The predicted molar refractivity (Wildman–Crippen MR) is 87.6 cm³/mol. The fraction of sp³-hybridized carbons (Fsp3) is 0.500. The molecule has 1 aromatic carbocycles. The van der Waals surface area contributed by atoms with Crippen LogP contribution >= 0.6 is 36.3 Å². The Hall–Kier alpha value is 0.120. The van der Waals surface area contributed by atoms with Crippen molar-refractivity contribution in [3.05, 3.63) is 34.3 Å². The maximum atomic E-state index is 13.1. The van der Waals surface area contributed by atoms with Crippen LogP contribution in [0, 0.1) is 0 Å². The molecule has 20 heavy (non-hydrogen) atoms. The first-order valence-electron chi connectivity index (χ1n) is 6.25. The molecule has 0 saturated carbocycles. The lowest BCUT2D eigenvalue weighted by molar-refractivity contribution is 0.188. The highest BCUT2D eigenvalue weighted by Crippen LogP contribution is 2.63. The second kappa shape index (κ2) is 7.94. The van der Waals surface area contributed by atoms with E-state index in [1.807, 2.05) is 24.3 Å². The van der Waals surface area contributed by atoms with E-state index in [0.717, 1.165) is 10.0 Å². The van der Waals surface area contributed by atoms with Gasteiger partial charge in [0, 0.05) is 4.47 Å². The molecular weight excluding hydrogens is 363 g/mol. The lowest BCUT2D eigenvalue weighted by Gasteiger charge is -2.36. The molecule has 0 fully saturated rings. The quantitative estimate of drug-likeness (QED) is 0.362. The molecule has 8 heteroatoms. The highest BCUT2D eigenvalue weighted by atomic mass is 79.9. The van der Waals surface area contributed by atoms with Gasteiger partial charge in [-0.05, 0) is 38.5 Å². The number of nitrogens with one attached hydrogen (secondary N) is 2. The predicted octanol–water partition coefficient (Wildman–Crippen LogP) is 3.83. The topological polar surface area (TPSA) is 59.6 Å². The minimum absolute atomic E-state index is 0.287. The van der Waals surface area contributed by atoms with Crippen molar-refractivity contribution in [2.45, 2.75) is 26.1 Å². The summed E-state index contributed by atoms with van der Waals surface area (Å²) in [5, 5.41) is -1.06. The molecule has 1 atom stereocenters. The average molecular weight is 383 g/mol. The van der Waals surface area contributed by atoms with Gasteiger partial charge in [0.1, 0.15) is 0 Å². The number of rotatable bonds is 8. The van der Waals surface area contributed by atoms with E-state index in [-0.39, 0.29) is 13.2 Å². The van der Waals surface area contributed by atoms with Crippen LogP contribution in [0.2, 0.25) is 0 Å². The second-order valence-corrected chi connectivity index (χ2v) is 7.70. The molecule has 0 aliphatic heterocycles. The molecule has 0 spiro atoms. The smallest absolute Gasteiger partial charge is 0.307 e. The molecule has 0 aliphatic rings. The summed E-state index contributed by atoms with van der Waals surface area (Å²) >= 11 is 7.37. The number of benzene rings is 1. The van der Waals surface area contributed by atoms with Crippen molar-refractivity contribution < 1.29 is 13.6 Å². The molecule has 0 aromatic heterocycles. The van der Waals surface area contributed by atoms with Crippen molar-refractivity contribution in [3.63, 3.8) is 0 Å². The van der Waals surface area contributed by atoms with Crippen LogP contribution in [0.25, 0.3) is 0 Å². The van der Waals surface area contributed by atoms with Crippen molar-refractivity contribution in [2.24, 2.45) is 0 Å². The molecule has 0 amide bonds. The summed E-state index contributed by atoms with van der Waals surface area (Å²) in [5.74, 6) is 0. The monoisotopic (exact) mass is 382 g/mol. The summed E-state index contributed by atoms with van der Waals surface area (Å²) in [4.78, 5) is 2.55. The van der Waals surface area contributed by atoms with Crippen molar-refractivity contribution >= 4 is 36.3 Å². The Kier molecular flexibility index (Phi) is 7.21. The van der Waals surface area contributed by atoms with Crippen molar-refractivity contribution in [1.29, 1.82) is 0 Å². The van der Waals surface area contributed by atoms with Crippen molar-refractivity contribution in [2.75, 3.05) is 13.2 Å². The first-order valence-corrected chi connectivity index (χ1v) is 9.03. The summed E-state index contributed by atoms with van der Waals surface area (Å²) in [7, 11) is -3.44. The third kappa shape index (κ3) is 3.85. The highest BCUT2D eigenvalue weighted by Gasteiger charge is 2.48. The fourth-order valence-corrected chi connectivity index (χ4v) is 4.46. The van der Waals surface area contributed by atoms with Gasteiger partial charge in [-0.15, -0.1) is 0 Å². The van der Waals surface area contributed by atoms with Crippen molar-refractivity contribution in [3.8, 4) is 0 Å². The Morgan fingerprint density at radius 2 is 1.95 bits per heavy atom. The van der Waals surface area contributed by atoms with E-state index in [9.17, 15) is 4.57 Å². The van der Waals surface area contributed by atoms with Gasteiger partial charge in [0.25, 0.3) is 0 Å². The normalized spacial score (nSPS) is 15.1. The van der Waals surface area contributed by atoms with Gasteiger partial charge in [-0.3, -0.25) is 4.57 Å². The van der Waals surface area contributed by atoms with E-state index in [1.165, 1.54) is 0 Å². The van der Waals surface area contributed by atoms with Crippen LogP contribution < -0.4 is 10.3 Å². The van der Waals surface area contributed by atoms with E-state index >= 15 is 0 Å². The molecule has 1 rings (SSSR count). The third-order valence-electron chi connectivity index (χ3n) is 2.83. The zero-order chi connectivity index (χ0) is 15.2. The number of halogens is 1. The van der Waals surface area contributed by atoms with Gasteiger partial charge >= 0.3 is 7.60 Å². The summed E-state index contributed by atoms with van der Waals surface area (Å²) < 4.78 is 24.9. The number of hydrogen-bond donors (Lipinski definition) is 3. The zero-order valence-corrected chi connectivity index (χ0v) is 15.1. The first-order chi connectivity index (χ1) is 9.43. The lowest BCUT2D eigenvalue weighted by Crippen LogP contribution is -2.45. The summed E-state index contributed by atoms with van der Waals surface area (Å²) in [6.45, 7) is 5.89. The van der Waals surface area contributed by atoms with E-state index < -0.39 is 12.9 Å². The van der Waals surface area contributed by atoms with Crippen molar-refractivity contribution in [1.82, 2.24) is 10.3 Å². The largest absolute Gasteiger partial charge is 0.356 e. The van der Waals surface area contributed by atoms with Gasteiger partial charge in [0.05, 0.1) is 13.2 Å². The average Bonchev–Trinajstić information content (AvgIpc) is 2.39. The van der Waals surface area contributed by atoms with E-state index in [2.05, 4.69) is 39.0 Å². The third-order valence-corrected chi connectivity index (χ3v) is 6.10. The van der Waals surface area contributed by atoms with Gasteiger partial charge in [-0.2, -0.15) is 0 Å². The molecule has 1 aromatic rings. The Bertz CT molecular complexity index is 482. The second-order valence-electron chi connectivity index (χ2n) is 4.15. The van der Waals surface area contributed by atoms with Crippen LogP contribution in [0.5, 0.6) is 0 Å². The highest BCUT2D eigenvalue weighted by molar-refractivity contribution is 9.10. The van der Waals surface area contributed by atoms with E-state index in [1.54, 1.807) is 20.8 Å². The van der Waals surface area contributed by atoms with Crippen LogP contribution in [0.15, 0.2) is 28.7 Å². The summed E-state index contributed by atoms with van der Waals surface area (Å²) in [6, 6.07) is 7.47. The van der Waals surface area contributed by atoms with Crippen LogP contribution in [-0.2, 0) is 18.9 Å². The molecule has 114 valence electrons. The molecule has 0 saturated heterocycles. The maximum absolute atomic E-state index is 13.1. The van der Waals surface area contributed by atoms with Gasteiger partial charge in [-0.1, -0.05) is 40.9 Å². The Morgan fingerprint density at radius 1 is 1.35 bits per heavy atom. The number of hydrogen-bond acceptors (Lipinski definition) is 6. The SMILES string of the molecule is CCOP(=O)(OCC)[C@@](C)(NNS)c1cccc(Br)c1. The van der Waals surface area contributed by atoms with E-state index in [4.69, 9.17) is 9.05 Å². The van der Waals surface area contributed by atoms with Gasteiger partial charge in [0.2, 0.25) is 0 Å². The minimum atomic E-state index is -3.44. The standard InChI is InChI=1S/C12H20BrN2O3PS/c1-4-17-19(16,18-5-2)12(3,14-15-20)10-7-6-8-11(13)9-10/h6-9,14-15,20H,4-5H2,1-3H3/t12-/m1/s1. The minimum Gasteiger partial charge on any atom is -0.307 e. The lowest BCUT2D eigenvalue weighted by atomic mass is 10.1. The maximum Gasteiger partial charge on any atom is 0.356 e. The molecule has 0 aliphatic carbocycles. The van der Waals surface area contributed by atoms with Crippen LogP contribution in [0.4, 0.5) is 0 Å². The van der Waals surface area contributed by atoms with Gasteiger partial charge < -0.3 is 9.05 Å². The number of hydrazine groups is 1. The first kappa shape index (κ1) is 18.2. The molecule has 0 unspecified atom stereocenters. The molecule has 2 N–H and O–H groups in total. The van der Waals surface area contributed by atoms with Crippen LogP contribution in [0.3, 0.4) is 0 Å². The molecular formula is C12H20BrN2O3PS. The molecule has 0 radical (unpaired) electrons. The summed E-state index contributed by atoms with van der Waals surface area (Å²) in [6.07, 6.45) is 0. The zero-order valence-electron chi connectivity index (χ0n) is 11.7. The number of thiol groups is 1. The molecule has 0 heterocycles. The van der Waals surface area contributed by atoms with Crippen LogP contribution in [-0.4, -0.2) is 13.2 Å². The Labute approximate surface area is 134 Å². The summed E-state index contributed by atoms with van der Waals surface area (Å²) in [5.41, 5.74) is 3.66. The van der Waals surface area contributed by atoms with Gasteiger partial charge in [-0.25, -0.2) is 10.3 Å². The van der Waals surface area contributed by atoms with Gasteiger partial charge in [0.15, 0.2) is 5.28 Å². The molecule has 0 bridgehead atoms. The van der Waals surface area contributed by atoms with E-state index in [0.29, 0.717) is 0 Å². The van der Waals surface area contributed by atoms with Crippen LogP contribution in [0.1, 0.15) is 26.3 Å². The Balaban J connectivity index is 3.34. The Morgan fingerprint density at radius 3 is 2.40 bits per heavy atom. The molecule has 5 nitrogen and oxygen atoms in total. The fourth-order valence-electron chi connectivity index (χ4n) is 1.83.